The number of halogens is 2. The molecule has 1 aromatic carbocycles. The lowest BCUT2D eigenvalue weighted by Crippen LogP contribution is -2.27. The van der Waals surface area contributed by atoms with E-state index in [4.69, 9.17) is 16.3 Å². The van der Waals surface area contributed by atoms with Crippen molar-refractivity contribution in [3.63, 3.8) is 0 Å². The third-order valence-electron chi connectivity index (χ3n) is 3.10. The molecule has 2 rings (SSSR count). The van der Waals surface area contributed by atoms with Crippen molar-refractivity contribution in [2.24, 2.45) is 5.92 Å². The minimum absolute atomic E-state index is 0.748. The van der Waals surface area contributed by atoms with Crippen LogP contribution in [0.15, 0.2) is 22.7 Å². The minimum atomic E-state index is 0.748. The van der Waals surface area contributed by atoms with Crippen molar-refractivity contribution in [2.75, 3.05) is 19.8 Å². The van der Waals surface area contributed by atoms with Gasteiger partial charge in [-0.2, -0.15) is 0 Å². The van der Waals surface area contributed by atoms with Crippen LogP contribution in [0, 0.1) is 5.92 Å². The molecule has 0 aliphatic carbocycles. The van der Waals surface area contributed by atoms with E-state index in [9.17, 15) is 0 Å². The van der Waals surface area contributed by atoms with Crippen molar-refractivity contribution in [3.8, 4) is 0 Å². The van der Waals surface area contributed by atoms with Crippen LogP contribution in [0.1, 0.15) is 18.4 Å². The Balaban J connectivity index is 1.77. The third kappa shape index (κ3) is 4.25. The maximum atomic E-state index is 6.16. The molecule has 0 amide bonds. The summed E-state index contributed by atoms with van der Waals surface area (Å²) in [6.45, 7) is 3.70. The van der Waals surface area contributed by atoms with Gasteiger partial charge in [-0.15, -0.1) is 0 Å². The summed E-state index contributed by atoms with van der Waals surface area (Å²) in [7, 11) is 0. The zero-order valence-electron chi connectivity index (χ0n) is 9.72. The molecule has 1 aromatic rings. The second-order valence-corrected chi connectivity index (χ2v) is 5.75. The quantitative estimate of drug-likeness (QED) is 0.915. The highest BCUT2D eigenvalue weighted by Crippen LogP contribution is 2.21. The Bertz CT molecular complexity index is 366. The number of hydrogen-bond donors (Lipinski definition) is 1. The zero-order chi connectivity index (χ0) is 12.1. The summed E-state index contributed by atoms with van der Waals surface area (Å²) in [6, 6.07) is 6.02. The number of ether oxygens (including phenoxy) is 1. The molecular formula is C13H17BrClNO. The predicted molar refractivity (Wildman–Crippen MR) is 74.4 cm³/mol. The van der Waals surface area contributed by atoms with Gasteiger partial charge in [-0.05, 0) is 43.0 Å². The molecule has 0 saturated carbocycles. The summed E-state index contributed by atoms with van der Waals surface area (Å²) in [4.78, 5) is 0. The van der Waals surface area contributed by atoms with Gasteiger partial charge in [0, 0.05) is 29.3 Å². The highest BCUT2D eigenvalue weighted by Gasteiger charge is 2.13. The molecule has 94 valence electrons. The van der Waals surface area contributed by atoms with E-state index in [0.717, 1.165) is 47.3 Å². The summed E-state index contributed by atoms with van der Waals surface area (Å²) in [5, 5.41) is 4.29. The smallest absolute Gasteiger partial charge is 0.0469 e. The van der Waals surface area contributed by atoms with Gasteiger partial charge in [0.05, 0.1) is 0 Å². The van der Waals surface area contributed by atoms with E-state index < -0.39 is 0 Å². The molecule has 0 aromatic heterocycles. The SMILES string of the molecule is Clc1cc(Br)ccc1CNCC1CCOCC1. The maximum Gasteiger partial charge on any atom is 0.0469 e. The molecule has 1 aliphatic heterocycles. The third-order valence-corrected chi connectivity index (χ3v) is 3.95. The number of benzene rings is 1. The van der Waals surface area contributed by atoms with Gasteiger partial charge in [-0.1, -0.05) is 33.6 Å². The van der Waals surface area contributed by atoms with Crippen molar-refractivity contribution in [1.82, 2.24) is 5.32 Å². The Morgan fingerprint density at radius 3 is 2.82 bits per heavy atom. The van der Waals surface area contributed by atoms with Crippen LogP contribution in [-0.2, 0) is 11.3 Å². The predicted octanol–water partition coefficient (Wildman–Crippen LogP) is 3.62. The van der Waals surface area contributed by atoms with Gasteiger partial charge in [0.1, 0.15) is 0 Å². The highest BCUT2D eigenvalue weighted by atomic mass is 79.9. The van der Waals surface area contributed by atoms with Gasteiger partial charge in [0.25, 0.3) is 0 Å². The van der Waals surface area contributed by atoms with Crippen molar-refractivity contribution < 1.29 is 4.74 Å². The fourth-order valence-corrected chi connectivity index (χ4v) is 2.77. The summed E-state index contributed by atoms with van der Waals surface area (Å²) in [5.74, 6) is 0.748. The second-order valence-electron chi connectivity index (χ2n) is 4.42. The summed E-state index contributed by atoms with van der Waals surface area (Å²) in [5.41, 5.74) is 1.15. The van der Waals surface area contributed by atoms with E-state index in [1.54, 1.807) is 0 Å². The van der Waals surface area contributed by atoms with E-state index in [1.807, 2.05) is 12.1 Å². The van der Waals surface area contributed by atoms with Gasteiger partial charge in [-0.3, -0.25) is 0 Å². The Labute approximate surface area is 116 Å². The van der Waals surface area contributed by atoms with Crippen LogP contribution >= 0.6 is 27.5 Å². The van der Waals surface area contributed by atoms with Gasteiger partial charge in [0.15, 0.2) is 0 Å². The van der Waals surface area contributed by atoms with Crippen LogP contribution in [-0.4, -0.2) is 19.8 Å². The summed E-state index contributed by atoms with van der Waals surface area (Å²) < 4.78 is 6.37. The maximum absolute atomic E-state index is 6.16. The first-order valence-electron chi connectivity index (χ1n) is 5.98. The lowest BCUT2D eigenvalue weighted by molar-refractivity contribution is 0.0662. The number of nitrogens with one attached hydrogen (secondary N) is 1. The Morgan fingerprint density at radius 1 is 1.35 bits per heavy atom. The van der Waals surface area contributed by atoms with E-state index in [0.29, 0.717) is 0 Å². The lowest BCUT2D eigenvalue weighted by Gasteiger charge is -2.22. The van der Waals surface area contributed by atoms with E-state index in [-0.39, 0.29) is 0 Å². The van der Waals surface area contributed by atoms with Crippen LogP contribution in [0.4, 0.5) is 0 Å². The molecule has 0 atom stereocenters. The average Bonchev–Trinajstić information content (AvgIpc) is 2.33. The van der Waals surface area contributed by atoms with Crippen molar-refractivity contribution >= 4 is 27.5 Å². The van der Waals surface area contributed by atoms with E-state index in [1.165, 1.54) is 12.8 Å². The molecule has 0 spiro atoms. The molecule has 1 heterocycles. The monoisotopic (exact) mass is 317 g/mol. The van der Waals surface area contributed by atoms with Crippen molar-refractivity contribution in [2.45, 2.75) is 19.4 Å². The van der Waals surface area contributed by atoms with Crippen LogP contribution in [0.5, 0.6) is 0 Å². The molecule has 1 fully saturated rings. The normalized spacial score (nSPS) is 17.3. The summed E-state index contributed by atoms with van der Waals surface area (Å²) >= 11 is 9.57. The van der Waals surface area contributed by atoms with Crippen molar-refractivity contribution in [1.29, 1.82) is 0 Å². The van der Waals surface area contributed by atoms with E-state index in [2.05, 4.69) is 27.3 Å². The molecule has 0 radical (unpaired) electrons. The standard InChI is InChI=1S/C13H17BrClNO/c14-12-2-1-11(13(15)7-12)9-16-8-10-3-5-17-6-4-10/h1-2,7,10,16H,3-6,8-9H2. The van der Waals surface area contributed by atoms with Gasteiger partial charge in [-0.25, -0.2) is 0 Å². The molecule has 17 heavy (non-hydrogen) atoms. The van der Waals surface area contributed by atoms with Crippen LogP contribution in [0.2, 0.25) is 5.02 Å². The van der Waals surface area contributed by atoms with E-state index >= 15 is 0 Å². The topological polar surface area (TPSA) is 21.3 Å². The highest BCUT2D eigenvalue weighted by molar-refractivity contribution is 9.10. The minimum Gasteiger partial charge on any atom is -0.381 e. The van der Waals surface area contributed by atoms with Crippen LogP contribution in [0.25, 0.3) is 0 Å². The molecule has 0 bridgehead atoms. The number of hydrogen-bond acceptors (Lipinski definition) is 2. The molecule has 0 unspecified atom stereocenters. The first-order valence-corrected chi connectivity index (χ1v) is 7.15. The van der Waals surface area contributed by atoms with Gasteiger partial charge < -0.3 is 10.1 Å². The Hall–Kier alpha value is -0.0900. The molecule has 1 saturated heterocycles. The largest absolute Gasteiger partial charge is 0.381 e. The Kier molecular flexibility index (Phi) is 5.29. The summed E-state index contributed by atoms with van der Waals surface area (Å²) in [6.07, 6.45) is 2.34. The average molecular weight is 319 g/mol. The van der Waals surface area contributed by atoms with Crippen molar-refractivity contribution in [3.05, 3.63) is 33.3 Å². The fourth-order valence-electron chi connectivity index (χ4n) is 2.03. The number of rotatable bonds is 4. The zero-order valence-corrected chi connectivity index (χ0v) is 12.1. The molecule has 2 nitrogen and oxygen atoms in total. The molecular weight excluding hydrogens is 302 g/mol. The Morgan fingerprint density at radius 2 is 2.12 bits per heavy atom. The molecule has 4 heteroatoms. The first-order chi connectivity index (χ1) is 8.25. The first kappa shape index (κ1) is 13.3. The van der Waals surface area contributed by atoms with Crippen LogP contribution in [0.3, 0.4) is 0 Å². The molecule has 1 N–H and O–H groups in total. The lowest BCUT2D eigenvalue weighted by atomic mass is 10.0. The van der Waals surface area contributed by atoms with Gasteiger partial charge in [0.2, 0.25) is 0 Å². The van der Waals surface area contributed by atoms with Gasteiger partial charge >= 0.3 is 0 Å². The molecule has 1 aliphatic rings. The fraction of sp³-hybridized carbons (Fsp3) is 0.538. The van der Waals surface area contributed by atoms with Crippen LogP contribution < -0.4 is 5.32 Å². The second kappa shape index (κ2) is 6.74.